The summed E-state index contributed by atoms with van der Waals surface area (Å²) in [6.07, 6.45) is 11.7. The Hall–Kier alpha value is -0.770. The fraction of sp³-hybridized carbons (Fsp3) is 0.941. The Labute approximate surface area is 127 Å². The fourth-order valence-electron chi connectivity index (χ4n) is 5.95. The van der Waals surface area contributed by atoms with Gasteiger partial charge in [0.1, 0.15) is 6.61 Å². The van der Waals surface area contributed by atoms with Crippen LogP contribution in [0.2, 0.25) is 0 Å². The fourth-order valence-corrected chi connectivity index (χ4v) is 5.95. The van der Waals surface area contributed by atoms with Crippen LogP contribution in [-0.2, 0) is 4.74 Å². The molecule has 5 fully saturated rings. The van der Waals surface area contributed by atoms with Gasteiger partial charge in [0.25, 0.3) is 0 Å². The highest BCUT2D eigenvalue weighted by Gasteiger charge is 2.51. The molecule has 0 radical (unpaired) electrons. The molecule has 118 valence electrons. The zero-order valence-corrected chi connectivity index (χ0v) is 12.9. The predicted molar refractivity (Wildman–Crippen MR) is 80.8 cm³/mol. The van der Waals surface area contributed by atoms with Crippen LogP contribution in [-0.4, -0.2) is 23.8 Å². The van der Waals surface area contributed by atoms with Gasteiger partial charge < -0.3 is 15.8 Å². The van der Waals surface area contributed by atoms with Crippen molar-refractivity contribution in [1.82, 2.24) is 5.32 Å². The smallest absolute Gasteiger partial charge is 0.407 e. The number of carbonyl (C=O) groups is 1. The van der Waals surface area contributed by atoms with Crippen LogP contribution in [0.5, 0.6) is 0 Å². The molecule has 0 aromatic heterocycles. The summed E-state index contributed by atoms with van der Waals surface area (Å²) in [5.41, 5.74) is 6.04. The zero-order chi connectivity index (χ0) is 14.5. The van der Waals surface area contributed by atoms with E-state index in [4.69, 9.17) is 10.5 Å². The average molecular weight is 292 g/mol. The summed E-state index contributed by atoms with van der Waals surface area (Å²) in [6.45, 7) is 0.380. The molecule has 3 N–H and O–H groups in total. The summed E-state index contributed by atoms with van der Waals surface area (Å²) in [6, 6.07) is 0. The molecule has 4 heteroatoms. The Balaban J connectivity index is 1.34. The van der Waals surface area contributed by atoms with E-state index in [2.05, 4.69) is 5.32 Å². The second-order valence-electron chi connectivity index (χ2n) is 8.47. The van der Waals surface area contributed by atoms with Gasteiger partial charge >= 0.3 is 6.09 Å². The Morgan fingerprint density at radius 1 is 1.05 bits per heavy atom. The highest BCUT2D eigenvalue weighted by molar-refractivity contribution is 5.68. The number of carbonyl (C=O) groups excluding carboxylic acids is 1. The first-order valence-electron chi connectivity index (χ1n) is 8.78. The topological polar surface area (TPSA) is 64.3 Å². The molecule has 0 unspecified atom stereocenters. The van der Waals surface area contributed by atoms with Crippen LogP contribution in [0, 0.1) is 17.8 Å². The summed E-state index contributed by atoms with van der Waals surface area (Å²) in [5.74, 6) is 2.52. The van der Waals surface area contributed by atoms with Crippen molar-refractivity contribution in [2.45, 2.75) is 75.3 Å². The van der Waals surface area contributed by atoms with Crippen molar-refractivity contribution in [1.29, 1.82) is 0 Å². The molecule has 1 amide bonds. The van der Waals surface area contributed by atoms with E-state index >= 15 is 0 Å². The Bertz CT molecular complexity index is 393. The van der Waals surface area contributed by atoms with Crippen molar-refractivity contribution in [3.8, 4) is 0 Å². The third kappa shape index (κ3) is 2.67. The molecule has 5 aliphatic rings. The maximum atomic E-state index is 12.2. The monoisotopic (exact) mass is 292 g/mol. The quantitative estimate of drug-likeness (QED) is 0.840. The van der Waals surface area contributed by atoms with Gasteiger partial charge in [-0.25, -0.2) is 4.79 Å². The van der Waals surface area contributed by atoms with Gasteiger partial charge in [-0.3, -0.25) is 0 Å². The molecule has 4 nitrogen and oxygen atoms in total. The number of hydrogen-bond acceptors (Lipinski definition) is 3. The SMILES string of the molecule is NC1(COC(=O)NC23CC4CC(CC(C4)C2)C3)CCCC1. The Morgan fingerprint density at radius 3 is 2.10 bits per heavy atom. The van der Waals surface area contributed by atoms with Gasteiger partial charge in [-0.1, -0.05) is 12.8 Å². The lowest BCUT2D eigenvalue weighted by atomic mass is 9.53. The summed E-state index contributed by atoms with van der Waals surface area (Å²) >= 11 is 0. The van der Waals surface area contributed by atoms with E-state index in [-0.39, 0.29) is 17.2 Å². The normalized spacial score (nSPS) is 43.0. The third-order valence-electron chi connectivity index (χ3n) is 6.50. The molecule has 0 spiro atoms. The standard InChI is InChI=1S/C17H28N2O2/c18-16(3-1-2-4-16)11-21-15(20)19-17-8-12-5-13(9-17)7-14(6-12)10-17/h12-14H,1-11,18H2,(H,19,20). The van der Waals surface area contributed by atoms with Gasteiger partial charge in [0, 0.05) is 5.54 Å². The van der Waals surface area contributed by atoms with Crippen LogP contribution < -0.4 is 11.1 Å². The van der Waals surface area contributed by atoms with Gasteiger partial charge in [0.2, 0.25) is 0 Å². The number of nitrogens with one attached hydrogen (secondary N) is 1. The molecular weight excluding hydrogens is 264 g/mol. The molecule has 0 heterocycles. The lowest BCUT2D eigenvalue weighted by Gasteiger charge is -2.56. The summed E-state index contributed by atoms with van der Waals surface area (Å²) in [5, 5.41) is 3.25. The molecule has 0 atom stereocenters. The molecular formula is C17H28N2O2. The number of nitrogens with two attached hydrogens (primary N) is 1. The third-order valence-corrected chi connectivity index (χ3v) is 6.50. The van der Waals surface area contributed by atoms with Crippen LogP contribution in [0.3, 0.4) is 0 Å². The lowest BCUT2D eigenvalue weighted by Crippen LogP contribution is -2.60. The second kappa shape index (κ2) is 4.87. The van der Waals surface area contributed by atoms with Crippen LogP contribution in [0.4, 0.5) is 4.79 Å². The van der Waals surface area contributed by atoms with Gasteiger partial charge in [-0.15, -0.1) is 0 Å². The lowest BCUT2D eigenvalue weighted by molar-refractivity contribution is -0.0202. The Morgan fingerprint density at radius 2 is 1.57 bits per heavy atom. The van der Waals surface area contributed by atoms with Gasteiger partial charge in [-0.05, 0) is 69.1 Å². The average Bonchev–Trinajstić information content (AvgIpc) is 2.82. The molecule has 0 aromatic rings. The Kier molecular flexibility index (Phi) is 3.21. The van der Waals surface area contributed by atoms with Crippen LogP contribution in [0.15, 0.2) is 0 Å². The molecule has 21 heavy (non-hydrogen) atoms. The molecule has 5 rings (SSSR count). The van der Waals surface area contributed by atoms with E-state index in [0.29, 0.717) is 6.61 Å². The van der Waals surface area contributed by atoms with Gasteiger partial charge in [-0.2, -0.15) is 0 Å². The first-order chi connectivity index (χ1) is 10.0. The molecule has 0 saturated heterocycles. The van der Waals surface area contributed by atoms with E-state index in [1.54, 1.807) is 0 Å². The number of alkyl carbamates (subject to hydrolysis) is 1. The van der Waals surface area contributed by atoms with Crippen molar-refractivity contribution in [2.24, 2.45) is 23.5 Å². The van der Waals surface area contributed by atoms with E-state index in [0.717, 1.165) is 43.4 Å². The highest BCUT2D eigenvalue weighted by atomic mass is 16.5. The van der Waals surface area contributed by atoms with Crippen molar-refractivity contribution in [2.75, 3.05) is 6.61 Å². The van der Waals surface area contributed by atoms with E-state index in [1.165, 1.54) is 38.5 Å². The largest absolute Gasteiger partial charge is 0.448 e. The molecule has 4 bridgehead atoms. The zero-order valence-electron chi connectivity index (χ0n) is 12.9. The van der Waals surface area contributed by atoms with Gasteiger partial charge in [0.05, 0.1) is 5.54 Å². The van der Waals surface area contributed by atoms with Crippen LogP contribution in [0.25, 0.3) is 0 Å². The number of hydrogen-bond donors (Lipinski definition) is 2. The first-order valence-corrected chi connectivity index (χ1v) is 8.78. The number of rotatable bonds is 3. The van der Waals surface area contributed by atoms with E-state index < -0.39 is 0 Å². The van der Waals surface area contributed by atoms with Crippen molar-refractivity contribution in [3.63, 3.8) is 0 Å². The van der Waals surface area contributed by atoms with Crippen molar-refractivity contribution >= 4 is 6.09 Å². The molecule has 5 saturated carbocycles. The van der Waals surface area contributed by atoms with E-state index in [1.807, 2.05) is 0 Å². The molecule has 0 aromatic carbocycles. The van der Waals surface area contributed by atoms with Crippen molar-refractivity contribution in [3.05, 3.63) is 0 Å². The maximum Gasteiger partial charge on any atom is 0.407 e. The minimum Gasteiger partial charge on any atom is -0.448 e. The van der Waals surface area contributed by atoms with Crippen LogP contribution >= 0.6 is 0 Å². The minimum atomic E-state index is -0.265. The number of amides is 1. The van der Waals surface area contributed by atoms with E-state index in [9.17, 15) is 4.79 Å². The summed E-state index contributed by atoms with van der Waals surface area (Å²) in [7, 11) is 0. The van der Waals surface area contributed by atoms with Gasteiger partial charge in [0.15, 0.2) is 0 Å². The summed E-state index contributed by atoms with van der Waals surface area (Å²) < 4.78 is 5.49. The highest BCUT2D eigenvalue weighted by Crippen LogP contribution is 2.55. The molecule has 5 aliphatic carbocycles. The minimum absolute atomic E-state index is 0.0449. The van der Waals surface area contributed by atoms with Crippen LogP contribution in [0.1, 0.15) is 64.2 Å². The maximum absolute atomic E-state index is 12.2. The second-order valence-corrected chi connectivity index (χ2v) is 8.47. The predicted octanol–water partition coefficient (Wildman–Crippen LogP) is 2.95. The number of ether oxygens (including phenoxy) is 1. The summed E-state index contributed by atoms with van der Waals surface area (Å²) in [4.78, 5) is 12.2. The van der Waals surface area contributed by atoms with Crippen molar-refractivity contribution < 1.29 is 9.53 Å². The first kappa shape index (κ1) is 13.9. The molecule has 0 aliphatic heterocycles.